The molecule has 1 aliphatic heterocycles. The van der Waals surface area contributed by atoms with Crippen LogP contribution in [0.1, 0.15) is 22.7 Å². The second kappa shape index (κ2) is 3.58. The first-order chi connectivity index (χ1) is 5.25. The van der Waals surface area contributed by atoms with Crippen molar-refractivity contribution in [1.29, 1.82) is 0 Å². The Morgan fingerprint density at radius 1 is 1.50 bits per heavy atom. The largest absolute Gasteiger partial charge is 0.302 e. The number of hydrogen-bond acceptors (Lipinski definition) is 2. The van der Waals surface area contributed by atoms with Crippen molar-refractivity contribution in [1.82, 2.24) is 4.90 Å². The van der Waals surface area contributed by atoms with Gasteiger partial charge in [-0.25, -0.2) is 0 Å². The third-order valence-corrected chi connectivity index (χ3v) is 3.33. The minimum atomic E-state index is 0. The number of nitrogens with zero attached hydrogens (tertiary/aromatic N) is 1. The first-order valence-electron chi connectivity index (χ1n) is 4.02. The molecule has 0 unspecified atom stereocenters. The van der Waals surface area contributed by atoms with Crippen LogP contribution in [0.2, 0.25) is 0 Å². The summed E-state index contributed by atoms with van der Waals surface area (Å²) in [4.78, 5) is 5.46. The monoisotopic (exact) mass is 183 g/mol. The van der Waals surface area contributed by atoms with Crippen LogP contribution >= 0.6 is 11.3 Å². The number of aryl methyl sites for hydroxylation is 1. The van der Waals surface area contributed by atoms with E-state index in [-0.39, 0.29) is 7.43 Å². The van der Waals surface area contributed by atoms with Gasteiger partial charge in [0.25, 0.3) is 0 Å². The Morgan fingerprint density at radius 2 is 2.25 bits per heavy atom. The van der Waals surface area contributed by atoms with Crippen LogP contribution in [-0.2, 0) is 13.0 Å². The van der Waals surface area contributed by atoms with Crippen LogP contribution in [0.15, 0.2) is 6.07 Å². The predicted octanol–water partition coefficient (Wildman–Crippen LogP) is 2.68. The summed E-state index contributed by atoms with van der Waals surface area (Å²) in [6.45, 7) is 4.58. The topological polar surface area (TPSA) is 3.24 Å². The van der Waals surface area contributed by atoms with E-state index in [2.05, 4.69) is 24.9 Å². The highest BCUT2D eigenvalue weighted by molar-refractivity contribution is 7.12. The van der Waals surface area contributed by atoms with Crippen molar-refractivity contribution in [3.63, 3.8) is 0 Å². The Hall–Kier alpha value is -0.340. The van der Waals surface area contributed by atoms with Crippen LogP contribution in [0.3, 0.4) is 0 Å². The average Bonchev–Trinajstić information content (AvgIpc) is 2.27. The molecule has 0 aliphatic carbocycles. The maximum Gasteiger partial charge on any atom is 0.0241 e. The van der Waals surface area contributed by atoms with Gasteiger partial charge in [0.05, 0.1) is 0 Å². The summed E-state index contributed by atoms with van der Waals surface area (Å²) in [7, 11) is 2.19. The molecule has 2 heterocycles. The van der Waals surface area contributed by atoms with Crippen LogP contribution in [0, 0.1) is 6.92 Å². The van der Waals surface area contributed by atoms with E-state index in [1.54, 1.807) is 10.4 Å². The summed E-state index contributed by atoms with van der Waals surface area (Å²) in [5.41, 5.74) is 1.56. The number of hydrogen-bond donors (Lipinski definition) is 0. The molecule has 0 fully saturated rings. The molecule has 1 aromatic rings. The quantitative estimate of drug-likeness (QED) is 0.598. The minimum absolute atomic E-state index is 0. The fourth-order valence-corrected chi connectivity index (χ4v) is 2.66. The highest BCUT2D eigenvalue weighted by atomic mass is 32.1. The summed E-state index contributed by atoms with van der Waals surface area (Å²) in [6.07, 6.45) is 1.25. The van der Waals surface area contributed by atoms with Gasteiger partial charge < -0.3 is 4.90 Å². The third-order valence-electron chi connectivity index (χ3n) is 2.18. The van der Waals surface area contributed by atoms with E-state index in [4.69, 9.17) is 0 Å². The van der Waals surface area contributed by atoms with Gasteiger partial charge >= 0.3 is 0 Å². The summed E-state index contributed by atoms with van der Waals surface area (Å²) >= 11 is 1.97. The molecule has 2 heteroatoms. The zero-order valence-corrected chi connectivity index (χ0v) is 7.87. The lowest BCUT2D eigenvalue weighted by atomic mass is 10.1. The van der Waals surface area contributed by atoms with Crippen LogP contribution in [0.4, 0.5) is 0 Å². The van der Waals surface area contributed by atoms with E-state index < -0.39 is 0 Å². The van der Waals surface area contributed by atoms with Crippen molar-refractivity contribution in [3.8, 4) is 0 Å². The van der Waals surface area contributed by atoms with Gasteiger partial charge in [-0.3, -0.25) is 0 Å². The Morgan fingerprint density at radius 3 is 3.00 bits per heavy atom. The fraction of sp³-hybridized carbons (Fsp3) is 0.600. The van der Waals surface area contributed by atoms with E-state index in [1.807, 2.05) is 11.3 Å². The fourth-order valence-electron chi connectivity index (χ4n) is 1.62. The molecule has 1 aliphatic rings. The maximum atomic E-state index is 2.38. The van der Waals surface area contributed by atoms with Gasteiger partial charge in [0.1, 0.15) is 0 Å². The molecule has 0 radical (unpaired) electrons. The van der Waals surface area contributed by atoms with Gasteiger partial charge in [-0.2, -0.15) is 0 Å². The van der Waals surface area contributed by atoms with Crippen LogP contribution < -0.4 is 0 Å². The number of rotatable bonds is 0. The van der Waals surface area contributed by atoms with E-state index in [0.717, 1.165) is 6.54 Å². The molecular formula is C10H17NS. The molecular weight excluding hydrogens is 166 g/mol. The molecule has 68 valence electrons. The van der Waals surface area contributed by atoms with Crippen molar-refractivity contribution in [2.45, 2.75) is 27.3 Å². The zero-order valence-electron chi connectivity index (χ0n) is 7.05. The van der Waals surface area contributed by atoms with Crippen molar-refractivity contribution in [3.05, 3.63) is 21.4 Å². The molecule has 0 aromatic carbocycles. The van der Waals surface area contributed by atoms with Gasteiger partial charge in [0, 0.05) is 22.8 Å². The van der Waals surface area contributed by atoms with E-state index in [0.29, 0.717) is 0 Å². The second-order valence-corrected chi connectivity index (χ2v) is 4.63. The normalized spacial score (nSPS) is 16.8. The second-order valence-electron chi connectivity index (χ2n) is 3.29. The highest BCUT2D eigenvalue weighted by Gasteiger charge is 2.14. The lowest BCUT2D eigenvalue weighted by Crippen LogP contribution is -2.25. The highest BCUT2D eigenvalue weighted by Crippen LogP contribution is 2.26. The Kier molecular flexibility index (Phi) is 2.91. The summed E-state index contributed by atoms with van der Waals surface area (Å²) in [5, 5.41) is 0. The molecule has 1 aromatic heterocycles. The van der Waals surface area contributed by atoms with E-state index in [1.165, 1.54) is 17.8 Å². The summed E-state index contributed by atoms with van der Waals surface area (Å²) in [5.74, 6) is 0. The number of likely N-dealkylation sites (N-methyl/N-ethyl adjacent to an activating group) is 1. The molecule has 0 spiro atoms. The summed E-state index contributed by atoms with van der Waals surface area (Å²) in [6, 6.07) is 2.33. The third kappa shape index (κ3) is 1.70. The molecule has 2 rings (SSSR count). The molecule has 12 heavy (non-hydrogen) atoms. The van der Waals surface area contributed by atoms with Gasteiger partial charge in [-0.1, -0.05) is 7.43 Å². The Balaban J connectivity index is 0.000000720. The van der Waals surface area contributed by atoms with E-state index in [9.17, 15) is 0 Å². The SMILES string of the molecule is C.Cc1cc2c(s1)CCN(C)C2. The van der Waals surface area contributed by atoms with Crippen molar-refractivity contribution >= 4 is 11.3 Å². The van der Waals surface area contributed by atoms with Crippen LogP contribution in [0.25, 0.3) is 0 Å². The predicted molar refractivity (Wildman–Crippen MR) is 55.8 cm³/mol. The van der Waals surface area contributed by atoms with Crippen molar-refractivity contribution in [2.75, 3.05) is 13.6 Å². The van der Waals surface area contributed by atoms with Crippen LogP contribution in [0.5, 0.6) is 0 Å². The Labute approximate surface area is 79.0 Å². The zero-order chi connectivity index (χ0) is 7.84. The number of fused-ring (bicyclic) bond motifs is 1. The van der Waals surface area contributed by atoms with Crippen molar-refractivity contribution < 1.29 is 0 Å². The molecule has 0 bridgehead atoms. The first-order valence-corrected chi connectivity index (χ1v) is 4.84. The van der Waals surface area contributed by atoms with Gasteiger partial charge in [0.15, 0.2) is 0 Å². The molecule has 0 amide bonds. The maximum absolute atomic E-state index is 2.38. The molecule has 0 saturated heterocycles. The van der Waals surface area contributed by atoms with Gasteiger partial charge in [0.2, 0.25) is 0 Å². The van der Waals surface area contributed by atoms with Crippen molar-refractivity contribution in [2.24, 2.45) is 0 Å². The molecule has 0 saturated carbocycles. The summed E-state index contributed by atoms with van der Waals surface area (Å²) < 4.78 is 0. The van der Waals surface area contributed by atoms with E-state index >= 15 is 0 Å². The standard InChI is InChI=1S/C9H13NS.CH4/c1-7-5-8-6-10(2)4-3-9(8)11-7;/h5H,3-4,6H2,1-2H3;1H4. The molecule has 0 atom stereocenters. The Bertz CT molecular complexity index is 265. The van der Waals surface area contributed by atoms with Gasteiger partial charge in [-0.05, 0) is 32.0 Å². The smallest absolute Gasteiger partial charge is 0.0241 e. The first kappa shape index (κ1) is 9.75. The molecule has 0 N–H and O–H groups in total. The minimum Gasteiger partial charge on any atom is -0.302 e. The lowest BCUT2D eigenvalue weighted by Gasteiger charge is -2.21. The van der Waals surface area contributed by atoms with Crippen LogP contribution in [-0.4, -0.2) is 18.5 Å². The lowest BCUT2D eigenvalue weighted by molar-refractivity contribution is 0.315. The van der Waals surface area contributed by atoms with Gasteiger partial charge in [-0.15, -0.1) is 11.3 Å². The molecule has 1 nitrogen and oxygen atoms in total. The average molecular weight is 183 g/mol. The number of thiophene rings is 1.